The van der Waals surface area contributed by atoms with Gasteiger partial charge in [-0.2, -0.15) is 0 Å². The highest BCUT2D eigenvalue weighted by Crippen LogP contribution is 2.30. The molecule has 0 bridgehead atoms. The van der Waals surface area contributed by atoms with Gasteiger partial charge in [0.05, 0.1) is 6.20 Å². The van der Waals surface area contributed by atoms with E-state index in [1.54, 1.807) is 6.20 Å². The average Bonchev–Trinajstić information content (AvgIpc) is 2.41. The van der Waals surface area contributed by atoms with Gasteiger partial charge >= 0.3 is 0 Å². The van der Waals surface area contributed by atoms with Crippen molar-refractivity contribution in [2.75, 3.05) is 0 Å². The van der Waals surface area contributed by atoms with E-state index in [-0.39, 0.29) is 5.78 Å². The Bertz CT molecular complexity index is 350. The normalized spacial score (nSPS) is 16.7. The molecule has 0 saturated heterocycles. The fourth-order valence-electron chi connectivity index (χ4n) is 1.82. The minimum atomic E-state index is 0.248. The number of rotatable bonds is 3. The molecule has 0 spiro atoms. The summed E-state index contributed by atoms with van der Waals surface area (Å²) in [6.45, 7) is 1.92. The van der Waals surface area contributed by atoms with E-state index in [0.29, 0.717) is 12.3 Å². The molecular formula is C11H16N2O. The molecule has 0 aromatic carbocycles. The van der Waals surface area contributed by atoms with Crippen LogP contribution < -0.4 is 0 Å². The minimum Gasteiger partial charge on any atom is -0.329 e. The van der Waals surface area contributed by atoms with Crippen LogP contribution in [0.3, 0.4) is 0 Å². The van der Waals surface area contributed by atoms with Crippen molar-refractivity contribution in [1.29, 1.82) is 0 Å². The van der Waals surface area contributed by atoms with Gasteiger partial charge in [-0.15, -0.1) is 0 Å². The Morgan fingerprint density at radius 1 is 1.64 bits per heavy atom. The van der Waals surface area contributed by atoms with Crippen LogP contribution >= 0.6 is 0 Å². The smallest absolute Gasteiger partial charge is 0.181 e. The molecule has 2 rings (SSSR count). The third kappa shape index (κ3) is 1.59. The second kappa shape index (κ2) is 3.56. The molecule has 76 valence electrons. The predicted octanol–water partition coefficient (Wildman–Crippen LogP) is 2.10. The Hall–Kier alpha value is -1.12. The highest BCUT2D eigenvalue weighted by molar-refractivity contribution is 5.94. The third-order valence-corrected chi connectivity index (χ3v) is 3.20. The largest absolute Gasteiger partial charge is 0.329 e. The van der Waals surface area contributed by atoms with Gasteiger partial charge in [0, 0.05) is 13.5 Å². The highest BCUT2D eigenvalue weighted by Gasteiger charge is 2.22. The molecule has 1 saturated carbocycles. The van der Waals surface area contributed by atoms with Gasteiger partial charge in [-0.3, -0.25) is 4.79 Å². The zero-order valence-corrected chi connectivity index (χ0v) is 8.79. The maximum atomic E-state index is 11.8. The Labute approximate surface area is 84.1 Å². The summed E-state index contributed by atoms with van der Waals surface area (Å²) < 4.78 is 1.88. The number of nitrogens with zero attached hydrogens (tertiary/aromatic N) is 2. The summed E-state index contributed by atoms with van der Waals surface area (Å²) in [6, 6.07) is 0. The number of aryl methyl sites for hydroxylation is 1. The van der Waals surface area contributed by atoms with Crippen molar-refractivity contribution in [3.63, 3.8) is 0 Å². The van der Waals surface area contributed by atoms with Gasteiger partial charge in [-0.25, -0.2) is 4.98 Å². The van der Waals surface area contributed by atoms with Crippen LogP contribution in [0.4, 0.5) is 0 Å². The van der Waals surface area contributed by atoms with Gasteiger partial charge < -0.3 is 4.57 Å². The zero-order valence-electron chi connectivity index (χ0n) is 8.79. The second-order valence-corrected chi connectivity index (χ2v) is 4.17. The van der Waals surface area contributed by atoms with Crippen LogP contribution in [0.5, 0.6) is 0 Å². The molecule has 0 atom stereocenters. The maximum absolute atomic E-state index is 11.8. The van der Waals surface area contributed by atoms with Crippen LogP contribution in [0.2, 0.25) is 0 Å². The highest BCUT2D eigenvalue weighted by atomic mass is 16.1. The van der Waals surface area contributed by atoms with Crippen molar-refractivity contribution in [3.05, 3.63) is 17.7 Å². The average molecular weight is 192 g/mol. The summed E-state index contributed by atoms with van der Waals surface area (Å²) >= 11 is 0. The van der Waals surface area contributed by atoms with Crippen LogP contribution in [0.15, 0.2) is 6.20 Å². The van der Waals surface area contributed by atoms with E-state index < -0.39 is 0 Å². The Kier molecular flexibility index (Phi) is 2.40. The topological polar surface area (TPSA) is 34.9 Å². The van der Waals surface area contributed by atoms with E-state index in [0.717, 1.165) is 11.5 Å². The number of ketones is 1. The Balaban J connectivity index is 2.06. The number of carbonyl (C=O) groups excluding carboxylic acids is 1. The summed E-state index contributed by atoms with van der Waals surface area (Å²) in [5.74, 6) is 1.79. The van der Waals surface area contributed by atoms with Gasteiger partial charge in [0.1, 0.15) is 11.5 Å². The number of carbonyl (C=O) groups is 1. The monoisotopic (exact) mass is 192 g/mol. The lowest BCUT2D eigenvalue weighted by Crippen LogP contribution is -2.17. The molecule has 0 N–H and O–H groups in total. The van der Waals surface area contributed by atoms with E-state index >= 15 is 0 Å². The predicted molar refractivity (Wildman–Crippen MR) is 54.2 cm³/mol. The molecule has 1 fully saturated rings. The van der Waals surface area contributed by atoms with E-state index in [1.807, 2.05) is 18.5 Å². The SMILES string of the molecule is Cc1ncc(C(=O)CC2CCC2)n1C. The molecule has 1 aromatic rings. The van der Waals surface area contributed by atoms with Crippen LogP contribution in [-0.4, -0.2) is 15.3 Å². The fraction of sp³-hybridized carbons (Fsp3) is 0.636. The molecule has 0 unspecified atom stereocenters. The van der Waals surface area contributed by atoms with Crippen LogP contribution in [-0.2, 0) is 7.05 Å². The Morgan fingerprint density at radius 3 is 2.79 bits per heavy atom. The second-order valence-electron chi connectivity index (χ2n) is 4.17. The first kappa shape index (κ1) is 9.44. The first-order chi connectivity index (χ1) is 6.68. The van der Waals surface area contributed by atoms with Gasteiger partial charge in [0.15, 0.2) is 5.78 Å². The number of imidazole rings is 1. The van der Waals surface area contributed by atoms with Gasteiger partial charge in [-0.1, -0.05) is 19.3 Å². The fourth-order valence-corrected chi connectivity index (χ4v) is 1.82. The van der Waals surface area contributed by atoms with E-state index in [2.05, 4.69) is 4.98 Å². The van der Waals surface area contributed by atoms with Crippen molar-refractivity contribution in [3.8, 4) is 0 Å². The molecule has 3 heteroatoms. The number of hydrogen-bond acceptors (Lipinski definition) is 2. The van der Waals surface area contributed by atoms with Crippen LogP contribution in [0.25, 0.3) is 0 Å². The molecular weight excluding hydrogens is 176 g/mol. The molecule has 1 aliphatic carbocycles. The van der Waals surface area contributed by atoms with E-state index in [9.17, 15) is 4.79 Å². The Morgan fingerprint density at radius 2 is 2.36 bits per heavy atom. The van der Waals surface area contributed by atoms with E-state index in [1.165, 1.54) is 19.3 Å². The summed E-state index contributed by atoms with van der Waals surface area (Å²) in [4.78, 5) is 16.0. The van der Waals surface area contributed by atoms with Crippen molar-refractivity contribution < 1.29 is 4.79 Å². The van der Waals surface area contributed by atoms with Crippen molar-refractivity contribution in [1.82, 2.24) is 9.55 Å². The van der Waals surface area contributed by atoms with Crippen molar-refractivity contribution in [2.24, 2.45) is 13.0 Å². The number of hydrogen-bond donors (Lipinski definition) is 0. The van der Waals surface area contributed by atoms with Crippen molar-refractivity contribution in [2.45, 2.75) is 32.6 Å². The number of Topliss-reactive ketones (excluding diaryl/α,β-unsaturated/α-hetero) is 1. The molecule has 0 amide bonds. The van der Waals surface area contributed by atoms with Gasteiger partial charge in [0.2, 0.25) is 0 Å². The van der Waals surface area contributed by atoms with Gasteiger partial charge in [0.25, 0.3) is 0 Å². The lowest BCUT2D eigenvalue weighted by molar-refractivity contribution is 0.0928. The maximum Gasteiger partial charge on any atom is 0.181 e. The third-order valence-electron chi connectivity index (χ3n) is 3.20. The number of aromatic nitrogens is 2. The quantitative estimate of drug-likeness (QED) is 0.687. The van der Waals surface area contributed by atoms with Gasteiger partial charge in [-0.05, 0) is 12.8 Å². The molecule has 1 aromatic heterocycles. The zero-order chi connectivity index (χ0) is 10.1. The lowest BCUT2D eigenvalue weighted by atomic mass is 9.81. The van der Waals surface area contributed by atoms with Crippen LogP contribution in [0, 0.1) is 12.8 Å². The molecule has 14 heavy (non-hydrogen) atoms. The first-order valence-electron chi connectivity index (χ1n) is 5.20. The molecule has 3 nitrogen and oxygen atoms in total. The lowest BCUT2D eigenvalue weighted by Gasteiger charge is -2.24. The molecule has 1 heterocycles. The van der Waals surface area contributed by atoms with Crippen molar-refractivity contribution >= 4 is 5.78 Å². The van der Waals surface area contributed by atoms with Crippen LogP contribution in [0.1, 0.15) is 42.0 Å². The molecule has 1 aliphatic rings. The molecule has 0 radical (unpaired) electrons. The summed E-state index contributed by atoms with van der Waals surface area (Å²) in [5, 5.41) is 0. The summed E-state index contributed by atoms with van der Waals surface area (Å²) in [6.07, 6.45) is 6.14. The minimum absolute atomic E-state index is 0.248. The summed E-state index contributed by atoms with van der Waals surface area (Å²) in [7, 11) is 1.90. The van der Waals surface area contributed by atoms with E-state index in [4.69, 9.17) is 0 Å². The molecule has 0 aliphatic heterocycles. The standard InChI is InChI=1S/C11H16N2O/c1-8-12-7-10(13(8)2)11(14)6-9-4-3-5-9/h7,9H,3-6H2,1-2H3. The summed E-state index contributed by atoms with van der Waals surface area (Å²) in [5.41, 5.74) is 0.759. The first-order valence-corrected chi connectivity index (χ1v) is 5.20.